The summed E-state index contributed by atoms with van der Waals surface area (Å²) in [6, 6.07) is -0.286. The van der Waals surface area contributed by atoms with Crippen molar-refractivity contribution in [3.63, 3.8) is 0 Å². The predicted molar refractivity (Wildman–Crippen MR) is 89.6 cm³/mol. The van der Waals surface area contributed by atoms with Gasteiger partial charge in [-0.3, -0.25) is 0 Å². The number of nitrogens with one attached hydrogen (secondary N) is 4. The minimum Gasteiger partial charge on any atom is -0.377 e. The number of hydrogen-bond acceptors (Lipinski definition) is 4. The summed E-state index contributed by atoms with van der Waals surface area (Å²) in [7, 11) is 0. The molecular weight excluding hydrogens is 300 g/mol. The van der Waals surface area contributed by atoms with Crippen molar-refractivity contribution < 1.29 is 19.1 Å². The van der Waals surface area contributed by atoms with E-state index in [2.05, 4.69) is 21.3 Å². The van der Waals surface area contributed by atoms with Gasteiger partial charge in [0.05, 0.1) is 26.4 Å². The monoisotopic (exact) mass is 332 g/mol. The zero-order valence-electron chi connectivity index (χ0n) is 15.0. The van der Waals surface area contributed by atoms with Gasteiger partial charge in [-0.05, 0) is 34.6 Å². The second-order valence-corrected chi connectivity index (χ2v) is 6.41. The normalized spacial score (nSPS) is 11.2. The number of hydrogen-bond donors (Lipinski definition) is 4. The SMILES string of the molecule is CC(C)NC(=O)NCCOCCOCCNC(=O)NC(C)(C)C. The lowest BCUT2D eigenvalue weighted by Gasteiger charge is -2.20. The minimum atomic E-state index is -0.251. The average molecular weight is 332 g/mol. The fraction of sp³-hybridized carbons (Fsp3) is 0.867. The second-order valence-electron chi connectivity index (χ2n) is 6.41. The van der Waals surface area contributed by atoms with Gasteiger partial charge in [0.2, 0.25) is 0 Å². The molecule has 0 radical (unpaired) electrons. The molecule has 8 heteroatoms. The number of carbonyl (C=O) groups excluding carboxylic acids is 2. The van der Waals surface area contributed by atoms with E-state index < -0.39 is 0 Å². The third kappa shape index (κ3) is 16.7. The van der Waals surface area contributed by atoms with Gasteiger partial charge in [-0.15, -0.1) is 0 Å². The summed E-state index contributed by atoms with van der Waals surface area (Å²) in [5.74, 6) is 0. The zero-order chi connectivity index (χ0) is 17.7. The Morgan fingerprint density at radius 2 is 1.35 bits per heavy atom. The van der Waals surface area contributed by atoms with Crippen LogP contribution in [0.4, 0.5) is 9.59 Å². The van der Waals surface area contributed by atoms with Crippen LogP contribution in [0.2, 0.25) is 0 Å². The number of ether oxygens (including phenoxy) is 2. The molecule has 0 spiro atoms. The lowest BCUT2D eigenvalue weighted by atomic mass is 10.1. The van der Waals surface area contributed by atoms with E-state index in [4.69, 9.17) is 9.47 Å². The van der Waals surface area contributed by atoms with Crippen LogP contribution in [0.25, 0.3) is 0 Å². The molecule has 0 saturated carbocycles. The maximum absolute atomic E-state index is 11.4. The highest BCUT2D eigenvalue weighted by atomic mass is 16.5. The van der Waals surface area contributed by atoms with Gasteiger partial charge in [0.25, 0.3) is 0 Å². The van der Waals surface area contributed by atoms with Crippen molar-refractivity contribution in [1.82, 2.24) is 21.3 Å². The van der Waals surface area contributed by atoms with Gasteiger partial charge >= 0.3 is 12.1 Å². The second kappa shape index (κ2) is 12.0. The van der Waals surface area contributed by atoms with Crippen LogP contribution in [0.5, 0.6) is 0 Å². The van der Waals surface area contributed by atoms with Gasteiger partial charge in [-0.25, -0.2) is 9.59 Å². The summed E-state index contributed by atoms with van der Waals surface area (Å²) in [5.41, 5.74) is -0.251. The van der Waals surface area contributed by atoms with E-state index in [9.17, 15) is 9.59 Å². The first-order valence-electron chi connectivity index (χ1n) is 7.96. The Kier molecular flexibility index (Phi) is 11.2. The van der Waals surface area contributed by atoms with Crippen molar-refractivity contribution >= 4 is 12.1 Å². The molecule has 0 unspecified atom stereocenters. The van der Waals surface area contributed by atoms with Gasteiger partial charge in [-0.2, -0.15) is 0 Å². The maximum Gasteiger partial charge on any atom is 0.315 e. The standard InChI is InChI=1S/C15H32N4O4/c1-12(2)18-13(20)16-6-8-22-10-11-23-9-7-17-14(21)19-15(3,4)5/h12H,6-11H2,1-5H3,(H2,16,18,20)(H2,17,19,21). The maximum atomic E-state index is 11.4. The number of amides is 4. The largest absolute Gasteiger partial charge is 0.377 e. The Labute approximate surface area is 139 Å². The molecule has 4 N–H and O–H groups in total. The van der Waals surface area contributed by atoms with E-state index in [1.807, 2.05) is 34.6 Å². The highest BCUT2D eigenvalue weighted by Gasteiger charge is 2.12. The molecule has 0 aromatic carbocycles. The highest BCUT2D eigenvalue weighted by molar-refractivity contribution is 5.74. The summed E-state index contributed by atoms with van der Waals surface area (Å²) in [5, 5.41) is 10.9. The molecule has 0 aromatic rings. The molecule has 0 rings (SSSR count). The van der Waals surface area contributed by atoms with Crippen LogP contribution < -0.4 is 21.3 Å². The Morgan fingerprint density at radius 3 is 1.78 bits per heavy atom. The summed E-state index contributed by atoms with van der Waals surface area (Å²) in [4.78, 5) is 22.7. The molecular formula is C15H32N4O4. The molecule has 136 valence electrons. The minimum absolute atomic E-state index is 0.114. The molecule has 0 heterocycles. The van der Waals surface area contributed by atoms with Crippen LogP contribution in [-0.2, 0) is 9.47 Å². The molecule has 4 amide bonds. The van der Waals surface area contributed by atoms with E-state index in [-0.39, 0.29) is 23.6 Å². The highest BCUT2D eigenvalue weighted by Crippen LogP contribution is 1.96. The zero-order valence-corrected chi connectivity index (χ0v) is 15.0. The Hall–Kier alpha value is -1.54. The molecule has 0 aliphatic heterocycles. The van der Waals surface area contributed by atoms with E-state index in [0.29, 0.717) is 39.5 Å². The van der Waals surface area contributed by atoms with E-state index >= 15 is 0 Å². The molecule has 0 saturated heterocycles. The summed E-state index contributed by atoms with van der Waals surface area (Å²) in [6.45, 7) is 12.2. The number of rotatable bonds is 10. The third-order valence-corrected chi connectivity index (χ3v) is 2.34. The first-order chi connectivity index (χ1) is 10.7. The lowest BCUT2D eigenvalue weighted by Crippen LogP contribution is -2.47. The molecule has 0 aliphatic carbocycles. The first-order valence-corrected chi connectivity index (χ1v) is 7.96. The van der Waals surface area contributed by atoms with Crippen molar-refractivity contribution in [3.8, 4) is 0 Å². The summed E-state index contributed by atoms with van der Waals surface area (Å²) >= 11 is 0. The van der Waals surface area contributed by atoms with E-state index in [1.165, 1.54) is 0 Å². The summed E-state index contributed by atoms with van der Waals surface area (Å²) in [6.07, 6.45) is 0. The van der Waals surface area contributed by atoms with Gasteiger partial charge in [0.1, 0.15) is 0 Å². The van der Waals surface area contributed by atoms with Crippen LogP contribution >= 0.6 is 0 Å². The fourth-order valence-corrected chi connectivity index (χ4v) is 1.49. The quantitative estimate of drug-likeness (QED) is 0.445. The number of urea groups is 2. The van der Waals surface area contributed by atoms with Crippen LogP contribution in [0.3, 0.4) is 0 Å². The van der Waals surface area contributed by atoms with Gasteiger partial charge in [0, 0.05) is 24.7 Å². The lowest BCUT2D eigenvalue weighted by molar-refractivity contribution is 0.0509. The molecule has 8 nitrogen and oxygen atoms in total. The van der Waals surface area contributed by atoms with Crippen LogP contribution in [-0.4, -0.2) is 63.2 Å². The molecule has 0 bridgehead atoms. The van der Waals surface area contributed by atoms with Crippen molar-refractivity contribution in [1.29, 1.82) is 0 Å². The topological polar surface area (TPSA) is 101 Å². The van der Waals surface area contributed by atoms with Crippen LogP contribution in [0, 0.1) is 0 Å². The summed E-state index contributed by atoms with van der Waals surface area (Å²) < 4.78 is 10.6. The van der Waals surface area contributed by atoms with Crippen molar-refractivity contribution in [2.24, 2.45) is 0 Å². The third-order valence-electron chi connectivity index (χ3n) is 2.34. The van der Waals surface area contributed by atoms with Gasteiger partial charge < -0.3 is 30.7 Å². The smallest absolute Gasteiger partial charge is 0.315 e. The van der Waals surface area contributed by atoms with Crippen molar-refractivity contribution in [2.75, 3.05) is 39.5 Å². The van der Waals surface area contributed by atoms with Gasteiger partial charge in [0.15, 0.2) is 0 Å². The van der Waals surface area contributed by atoms with Gasteiger partial charge in [-0.1, -0.05) is 0 Å². The first kappa shape index (κ1) is 21.5. The molecule has 0 atom stereocenters. The van der Waals surface area contributed by atoms with E-state index in [0.717, 1.165) is 0 Å². The number of carbonyl (C=O) groups is 2. The van der Waals surface area contributed by atoms with Crippen LogP contribution in [0.15, 0.2) is 0 Å². The predicted octanol–water partition coefficient (Wildman–Crippen LogP) is 0.825. The average Bonchev–Trinajstić information content (AvgIpc) is 2.38. The molecule has 23 heavy (non-hydrogen) atoms. The Balaban J connectivity index is 3.31. The Morgan fingerprint density at radius 1 is 0.870 bits per heavy atom. The van der Waals surface area contributed by atoms with Crippen molar-refractivity contribution in [3.05, 3.63) is 0 Å². The molecule has 0 fully saturated rings. The fourth-order valence-electron chi connectivity index (χ4n) is 1.49. The Bertz CT molecular complexity index is 343. The van der Waals surface area contributed by atoms with Crippen LogP contribution in [0.1, 0.15) is 34.6 Å². The molecule has 0 aliphatic rings. The molecule has 0 aromatic heterocycles. The van der Waals surface area contributed by atoms with Crippen molar-refractivity contribution in [2.45, 2.75) is 46.2 Å². The van der Waals surface area contributed by atoms with E-state index in [1.54, 1.807) is 0 Å².